The van der Waals surface area contributed by atoms with Gasteiger partial charge in [0, 0.05) is 6.42 Å². The summed E-state index contributed by atoms with van der Waals surface area (Å²) in [6, 6.07) is -0.212. The Bertz CT molecular complexity index is 264. The molecule has 0 saturated carbocycles. The van der Waals surface area contributed by atoms with Crippen LogP contribution in [-0.4, -0.2) is 23.2 Å². The smallest absolute Gasteiger partial charge is 0.220 e. The van der Waals surface area contributed by atoms with Crippen molar-refractivity contribution in [2.24, 2.45) is 0 Å². The fraction of sp³-hybridized carbons (Fsp3) is 0.824. The molecule has 1 amide bonds. The van der Waals surface area contributed by atoms with Crippen molar-refractivity contribution in [3.63, 3.8) is 0 Å². The first-order valence-electron chi connectivity index (χ1n) is 8.25. The molecule has 3 nitrogen and oxygen atoms in total. The van der Waals surface area contributed by atoms with Crippen molar-refractivity contribution < 1.29 is 9.90 Å². The van der Waals surface area contributed by atoms with E-state index in [-0.39, 0.29) is 11.9 Å². The van der Waals surface area contributed by atoms with E-state index in [1.165, 1.54) is 19.3 Å². The van der Waals surface area contributed by atoms with E-state index in [0.717, 1.165) is 32.1 Å². The molecule has 20 heavy (non-hydrogen) atoms. The molecule has 0 rings (SSSR count). The molecule has 0 aromatic heterocycles. The van der Waals surface area contributed by atoms with E-state index in [1.54, 1.807) is 6.08 Å². The normalized spacial score (nSPS) is 14.4. The van der Waals surface area contributed by atoms with Gasteiger partial charge in [-0.2, -0.15) is 0 Å². The van der Waals surface area contributed by atoms with Gasteiger partial charge in [0.25, 0.3) is 0 Å². The molecule has 0 bridgehead atoms. The zero-order valence-electron chi connectivity index (χ0n) is 13.5. The Hall–Kier alpha value is -0.830. The minimum Gasteiger partial charge on any atom is -0.387 e. The fourth-order valence-electron chi connectivity index (χ4n) is 2.02. The quantitative estimate of drug-likeness (QED) is 0.421. The van der Waals surface area contributed by atoms with Gasteiger partial charge in [-0.1, -0.05) is 64.5 Å². The highest BCUT2D eigenvalue weighted by atomic mass is 16.3. The molecule has 3 heteroatoms. The predicted octanol–water partition coefficient (Wildman–Crippen LogP) is 3.96. The summed E-state index contributed by atoms with van der Waals surface area (Å²) in [4.78, 5) is 11.7. The van der Waals surface area contributed by atoms with Crippen molar-refractivity contribution in [2.75, 3.05) is 0 Å². The highest BCUT2D eigenvalue weighted by Crippen LogP contribution is 2.05. The van der Waals surface area contributed by atoms with Crippen molar-refractivity contribution in [3.05, 3.63) is 12.2 Å². The van der Waals surface area contributed by atoms with Gasteiger partial charge in [0.05, 0.1) is 12.1 Å². The predicted molar refractivity (Wildman–Crippen MR) is 85.7 cm³/mol. The fourth-order valence-corrected chi connectivity index (χ4v) is 2.02. The van der Waals surface area contributed by atoms with Gasteiger partial charge < -0.3 is 10.4 Å². The third-order valence-corrected chi connectivity index (χ3v) is 3.47. The maximum atomic E-state index is 11.7. The Kier molecular flexibility index (Phi) is 12.6. The zero-order valence-corrected chi connectivity index (χ0v) is 13.5. The Morgan fingerprint density at radius 1 is 1.10 bits per heavy atom. The Labute approximate surface area is 124 Å². The summed E-state index contributed by atoms with van der Waals surface area (Å²) in [6.45, 7) is 6.18. The van der Waals surface area contributed by atoms with Crippen LogP contribution < -0.4 is 5.32 Å². The number of amides is 1. The summed E-state index contributed by atoms with van der Waals surface area (Å²) in [5.41, 5.74) is 0. The monoisotopic (exact) mass is 283 g/mol. The van der Waals surface area contributed by atoms with Gasteiger partial charge in [0.15, 0.2) is 0 Å². The number of nitrogens with one attached hydrogen (secondary N) is 1. The summed E-state index contributed by atoms with van der Waals surface area (Å²) >= 11 is 0. The van der Waals surface area contributed by atoms with Gasteiger partial charge in [-0.25, -0.2) is 0 Å². The lowest BCUT2D eigenvalue weighted by Crippen LogP contribution is -2.40. The Morgan fingerprint density at radius 3 is 2.40 bits per heavy atom. The lowest BCUT2D eigenvalue weighted by molar-refractivity contribution is -0.122. The van der Waals surface area contributed by atoms with E-state index in [2.05, 4.69) is 19.2 Å². The molecule has 0 aromatic rings. The van der Waals surface area contributed by atoms with Gasteiger partial charge in [-0.15, -0.1) is 0 Å². The SMILES string of the molecule is CCCC/C=C/[C@@H](O)[C@H](C)NC(=O)CCCCCCC. The average molecular weight is 283 g/mol. The van der Waals surface area contributed by atoms with Crippen LogP contribution in [0.25, 0.3) is 0 Å². The molecule has 0 unspecified atom stereocenters. The van der Waals surface area contributed by atoms with Crippen LogP contribution >= 0.6 is 0 Å². The molecule has 0 radical (unpaired) electrons. The van der Waals surface area contributed by atoms with Crippen LogP contribution in [0.1, 0.15) is 78.6 Å². The Balaban J connectivity index is 3.74. The molecule has 0 fully saturated rings. The molecule has 0 aliphatic carbocycles. The molecule has 0 heterocycles. The van der Waals surface area contributed by atoms with Gasteiger partial charge in [0.2, 0.25) is 5.91 Å². The van der Waals surface area contributed by atoms with Crippen LogP contribution in [0, 0.1) is 0 Å². The first kappa shape index (κ1) is 19.2. The number of hydrogen-bond acceptors (Lipinski definition) is 2. The first-order valence-corrected chi connectivity index (χ1v) is 8.25. The van der Waals surface area contributed by atoms with Crippen molar-refractivity contribution in [1.29, 1.82) is 0 Å². The van der Waals surface area contributed by atoms with Crippen molar-refractivity contribution in [1.82, 2.24) is 5.32 Å². The molecule has 0 spiro atoms. The molecule has 0 aliphatic heterocycles. The summed E-state index contributed by atoms with van der Waals surface area (Å²) in [5, 5.41) is 12.8. The molecule has 2 N–H and O–H groups in total. The van der Waals surface area contributed by atoms with Gasteiger partial charge in [-0.05, 0) is 19.8 Å². The number of aliphatic hydroxyl groups excluding tert-OH is 1. The van der Waals surface area contributed by atoms with Gasteiger partial charge in [-0.3, -0.25) is 4.79 Å². The lowest BCUT2D eigenvalue weighted by atomic mass is 10.1. The zero-order chi connectivity index (χ0) is 15.2. The van der Waals surface area contributed by atoms with Crippen LogP contribution in [0.5, 0.6) is 0 Å². The van der Waals surface area contributed by atoms with Crippen LogP contribution in [0.4, 0.5) is 0 Å². The minimum absolute atomic E-state index is 0.0509. The van der Waals surface area contributed by atoms with Crippen molar-refractivity contribution in [3.8, 4) is 0 Å². The number of rotatable bonds is 12. The number of aliphatic hydroxyl groups is 1. The standard InChI is InChI=1S/C17H33NO2/c1-4-6-8-10-12-14-17(20)18-15(3)16(19)13-11-9-7-5-2/h11,13,15-16,19H,4-10,12,14H2,1-3H3,(H,18,20)/b13-11+/t15-,16+/m0/s1. The molecule has 118 valence electrons. The molecule has 0 aliphatic rings. The van der Waals surface area contributed by atoms with Gasteiger partial charge in [0.1, 0.15) is 0 Å². The number of hydrogen-bond donors (Lipinski definition) is 2. The molecular weight excluding hydrogens is 250 g/mol. The number of unbranched alkanes of at least 4 members (excludes halogenated alkanes) is 6. The van der Waals surface area contributed by atoms with E-state index in [0.29, 0.717) is 6.42 Å². The largest absolute Gasteiger partial charge is 0.387 e. The summed E-state index contributed by atoms with van der Waals surface area (Å²) in [6.07, 6.45) is 12.8. The summed E-state index contributed by atoms with van der Waals surface area (Å²) in [7, 11) is 0. The van der Waals surface area contributed by atoms with Crippen LogP contribution in [0.3, 0.4) is 0 Å². The van der Waals surface area contributed by atoms with E-state index in [1.807, 2.05) is 13.0 Å². The van der Waals surface area contributed by atoms with E-state index >= 15 is 0 Å². The van der Waals surface area contributed by atoms with E-state index in [4.69, 9.17) is 0 Å². The van der Waals surface area contributed by atoms with Crippen LogP contribution in [0.15, 0.2) is 12.2 Å². The molecule has 0 aromatic carbocycles. The average Bonchev–Trinajstić information content (AvgIpc) is 2.43. The van der Waals surface area contributed by atoms with Gasteiger partial charge >= 0.3 is 0 Å². The minimum atomic E-state index is -0.587. The summed E-state index contributed by atoms with van der Waals surface area (Å²) < 4.78 is 0. The second-order valence-electron chi connectivity index (χ2n) is 5.58. The molecule has 2 atom stereocenters. The third-order valence-electron chi connectivity index (χ3n) is 3.47. The highest BCUT2D eigenvalue weighted by Gasteiger charge is 2.13. The maximum absolute atomic E-state index is 11.7. The van der Waals surface area contributed by atoms with Crippen LogP contribution in [-0.2, 0) is 4.79 Å². The van der Waals surface area contributed by atoms with E-state index in [9.17, 15) is 9.90 Å². The number of allylic oxidation sites excluding steroid dienone is 1. The van der Waals surface area contributed by atoms with E-state index < -0.39 is 6.10 Å². The maximum Gasteiger partial charge on any atom is 0.220 e. The number of carbonyl (C=O) groups is 1. The Morgan fingerprint density at radius 2 is 1.75 bits per heavy atom. The number of carbonyl (C=O) groups excluding carboxylic acids is 1. The van der Waals surface area contributed by atoms with Crippen molar-refractivity contribution >= 4 is 5.91 Å². The molecule has 0 saturated heterocycles. The summed E-state index contributed by atoms with van der Waals surface area (Å²) in [5.74, 6) is 0.0509. The first-order chi connectivity index (χ1) is 9.61. The third kappa shape index (κ3) is 11.0. The lowest BCUT2D eigenvalue weighted by Gasteiger charge is -2.17. The second kappa shape index (κ2) is 13.2. The highest BCUT2D eigenvalue weighted by molar-refractivity contribution is 5.76. The van der Waals surface area contributed by atoms with Crippen LogP contribution in [0.2, 0.25) is 0 Å². The second-order valence-corrected chi connectivity index (χ2v) is 5.58. The topological polar surface area (TPSA) is 49.3 Å². The van der Waals surface area contributed by atoms with Crippen molar-refractivity contribution in [2.45, 2.75) is 90.7 Å². The molecular formula is C17H33NO2.